The van der Waals surface area contributed by atoms with Crippen molar-refractivity contribution >= 4 is 23.3 Å². The second-order valence-corrected chi connectivity index (χ2v) is 5.87. The van der Waals surface area contributed by atoms with E-state index in [4.69, 9.17) is 16.3 Å². The van der Waals surface area contributed by atoms with Crippen LogP contribution in [0, 0.1) is 5.92 Å². The lowest BCUT2D eigenvalue weighted by Crippen LogP contribution is -2.46. The molecule has 0 bridgehead atoms. The number of anilines is 1. The van der Waals surface area contributed by atoms with E-state index < -0.39 is 0 Å². The number of carbonyl (C=O) groups excluding carboxylic acids is 1. The topological polar surface area (TPSA) is 41.6 Å². The molecule has 1 fully saturated rings. The Balaban J connectivity index is 2.07. The van der Waals surface area contributed by atoms with Crippen LogP contribution in [0.5, 0.6) is 5.75 Å². The van der Waals surface area contributed by atoms with Crippen LogP contribution >= 0.6 is 11.6 Å². The molecule has 1 aliphatic rings. The predicted molar refractivity (Wildman–Crippen MR) is 81.6 cm³/mol. The monoisotopic (exact) mass is 296 g/mol. The number of benzene rings is 1. The number of nitrogens with one attached hydrogen (secondary N) is 1. The number of carbonyl (C=O) groups is 1. The zero-order valence-corrected chi connectivity index (χ0v) is 12.9. The molecule has 0 radical (unpaired) electrons. The highest BCUT2D eigenvalue weighted by Gasteiger charge is 2.27. The third kappa shape index (κ3) is 3.37. The summed E-state index contributed by atoms with van der Waals surface area (Å²) in [5.74, 6) is 1.22. The molecule has 2 rings (SSSR count). The maximum atomic E-state index is 12.4. The number of methoxy groups -OCH3 is 1. The second-order valence-electron chi connectivity index (χ2n) is 5.46. The lowest BCUT2D eigenvalue weighted by molar-refractivity contribution is 0.147. The summed E-state index contributed by atoms with van der Waals surface area (Å²) in [7, 11) is 1.58. The summed E-state index contributed by atoms with van der Waals surface area (Å²) in [6, 6.07) is 5.42. The number of urea groups is 1. The van der Waals surface area contributed by atoms with Crippen molar-refractivity contribution in [2.75, 3.05) is 19.0 Å². The Labute approximate surface area is 125 Å². The zero-order valence-electron chi connectivity index (χ0n) is 12.1. The van der Waals surface area contributed by atoms with Crippen LogP contribution in [0.2, 0.25) is 5.02 Å². The van der Waals surface area contributed by atoms with E-state index in [1.54, 1.807) is 25.3 Å². The molecule has 1 saturated heterocycles. The van der Waals surface area contributed by atoms with E-state index in [2.05, 4.69) is 19.2 Å². The molecule has 1 aliphatic heterocycles. The maximum Gasteiger partial charge on any atom is 0.322 e. The molecule has 2 amide bonds. The molecule has 2 atom stereocenters. The standard InChI is InChI=1S/C15H21ClN2O2/c1-10-4-5-11(2)18(9-10)15(19)17-14-7-6-12(20-3)8-13(14)16/h6-8,10-11H,4-5,9H2,1-3H3,(H,17,19)/t10-,11+/m1/s1. The third-order valence-corrected chi connectivity index (χ3v) is 4.11. The van der Waals surface area contributed by atoms with Gasteiger partial charge in [0.25, 0.3) is 0 Å². The van der Waals surface area contributed by atoms with Crippen LogP contribution in [-0.2, 0) is 0 Å². The Morgan fingerprint density at radius 3 is 2.80 bits per heavy atom. The van der Waals surface area contributed by atoms with Gasteiger partial charge in [-0.1, -0.05) is 18.5 Å². The Hall–Kier alpha value is -1.42. The van der Waals surface area contributed by atoms with Crippen molar-refractivity contribution in [3.8, 4) is 5.75 Å². The van der Waals surface area contributed by atoms with E-state index in [-0.39, 0.29) is 12.1 Å². The van der Waals surface area contributed by atoms with Crippen LogP contribution in [0.15, 0.2) is 18.2 Å². The highest BCUT2D eigenvalue weighted by atomic mass is 35.5. The third-order valence-electron chi connectivity index (χ3n) is 3.80. The lowest BCUT2D eigenvalue weighted by atomic mass is 9.95. The largest absolute Gasteiger partial charge is 0.497 e. The fourth-order valence-electron chi connectivity index (χ4n) is 2.48. The van der Waals surface area contributed by atoms with Gasteiger partial charge < -0.3 is 15.0 Å². The first-order valence-electron chi connectivity index (χ1n) is 6.92. The van der Waals surface area contributed by atoms with Crippen molar-refractivity contribution in [1.29, 1.82) is 0 Å². The molecule has 20 heavy (non-hydrogen) atoms. The number of likely N-dealkylation sites (tertiary alicyclic amines) is 1. The molecule has 1 N–H and O–H groups in total. The van der Waals surface area contributed by atoms with Crippen LogP contribution < -0.4 is 10.1 Å². The molecular weight excluding hydrogens is 276 g/mol. The van der Waals surface area contributed by atoms with Gasteiger partial charge in [-0.15, -0.1) is 0 Å². The molecule has 1 aromatic carbocycles. The molecule has 1 aromatic rings. The molecule has 1 heterocycles. The first-order chi connectivity index (χ1) is 9.51. The summed E-state index contributed by atoms with van der Waals surface area (Å²) in [6.45, 7) is 5.05. The van der Waals surface area contributed by atoms with Gasteiger partial charge >= 0.3 is 6.03 Å². The number of amides is 2. The van der Waals surface area contributed by atoms with Crippen molar-refractivity contribution in [3.05, 3.63) is 23.2 Å². The van der Waals surface area contributed by atoms with Crippen molar-refractivity contribution in [2.45, 2.75) is 32.7 Å². The lowest BCUT2D eigenvalue weighted by Gasteiger charge is -2.36. The van der Waals surface area contributed by atoms with E-state index in [0.717, 1.165) is 13.0 Å². The molecule has 110 valence electrons. The smallest absolute Gasteiger partial charge is 0.322 e. The fourth-order valence-corrected chi connectivity index (χ4v) is 2.70. The molecule has 0 unspecified atom stereocenters. The average Bonchev–Trinajstić information content (AvgIpc) is 2.43. The number of ether oxygens (including phenoxy) is 1. The molecule has 5 heteroatoms. The summed E-state index contributed by atoms with van der Waals surface area (Å²) in [5, 5.41) is 3.36. The summed E-state index contributed by atoms with van der Waals surface area (Å²) < 4.78 is 5.09. The second kappa shape index (κ2) is 6.35. The van der Waals surface area contributed by atoms with E-state index >= 15 is 0 Å². The van der Waals surface area contributed by atoms with Gasteiger partial charge in [0.05, 0.1) is 17.8 Å². The maximum absolute atomic E-state index is 12.4. The van der Waals surface area contributed by atoms with Crippen LogP contribution in [0.25, 0.3) is 0 Å². The van der Waals surface area contributed by atoms with Gasteiger partial charge in [-0.25, -0.2) is 4.79 Å². The number of nitrogens with zero attached hydrogens (tertiary/aromatic N) is 1. The van der Waals surface area contributed by atoms with Crippen molar-refractivity contribution in [2.24, 2.45) is 5.92 Å². The Morgan fingerprint density at radius 2 is 2.15 bits per heavy atom. The van der Waals surface area contributed by atoms with Gasteiger partial charge in [-0.3, -0.25) is 0 Å². The highest BCUT2D eigenvalue weighted by molar-refractivity contribution is 6.33. The number of piperidine rings is 1. The highest BCUT2D eigenvalue weighted by Crippen LogP contribution is 2.28. The van der Waals surface area contributed by atoms with E-state index in [1.165, 1.54) is 6.42 Å². The molecule has 0 aromatic heterocycles. The van der Waals surface area contributed by atoms with Gasteiger partial charge in [0, 0.05) is 18.7 Å². The van der Waals surface area contributed by atoms with Crippen LogP contribution in [0.3, 0.4) is 0 Å². The quantitative estimate of drug-likeness (QED) is 0.896. The normalized spacial score (nSPS) is 22.5. The van der Waals surface area contributed by atoms with E-state index in [1.807, 2.05) is 4.90 Å². The Bertz CT molecular complexity index is 493. The summed E-state index contributed by atoms with van der Waals surface area (Å²) >= 11 is 6.14. The first-order valence-corrected chi connectivity index (χ1v) is 7.30. The number of hydrogen-bond acceptors (Lipinski definition) is 2. The van der Waals surface area contributed by atoms with Gasteiger partial charge in [0.15, 0.2) is 0 Å². The molecular formula is C15H21ClN2O2. The molecule has 0 saturated carbocycles. The van der Waals surface area contributed by atoms with Crippen molar-refractivity contribution < 1.29 is 9.53 Å². The minimum Gasteiger partial charge on any atom is -0.497 e. The van der Waals surface area contributed by atoms with Crippen molar-refractivity contribution in [1.82, 2.24) is 4.90 Å². The Morgan fingerprint density at radius 1 is 1.40 bits per heavy atom. The van der Waals surface area contributed by atoms with Crippen LogP contribution in [0.1, 0.15) is 26.7 Å². The first kappa shape index (κ1) is 15.0. The van der Waals surface area contributed by atoms with E-state index in [0.29, 0.717) is 22.4 Å². The number of halogens is 1. The van der Waals surface area contributed by atoms with E-state index in [9.17, 15) is 4.79 Å². The molecule has 0 spiro atoms. The summed E-state index contributed by atoms with van der Waals surface area (Å²) in [4.78, 5) is 14.2. The van der Waals surface area contributed by atoms with Gasteiger partial charge in [-0.05, 0) is 37.8 Å². The zero-order chi connectivity index (χ0) is 14.7. The van der Waals surface area contributed by atoms with Gasteiger partial charge in [0.2, 0.25) is 0 Å². The van der Waals surface area contributed by atoms with Crippen molar-refractivity contribution in [3.63, 3.8) is 0 Å². The summed E-state index contributed by atoms with van der Waals surface area (Å²) in [5.41, 5.74) is 0.614. The van der Waals surface area contributed by atoms with Gasteiger partial charge in [-0.2, -0.15) is 0 Å². The number of hydrogen-bond donors (Lipinski definition) is 1. The van der Waals surface area contributed by atoms with Gasteiger partial charge in [0.1, 0.15) is 5.75 Å². The minimum absolute atomic E-state index is 0.0869. The molecule has 4 nitrogen and oxygen atoms in total. The van der Waals surface area contributed by atoms with Crippen LogP contribution in [-0.4, -0.2) is 30.6 Å². The SMILES string of the molecule is COc1ccc(NC(=O)N2C[C@H](C)CC[C@@H]2C)c(Cl)c1. The fraction of sp³-hybridized carbons (Fsp3) is 0.533. The number of rotatable bonds is 2. The average molecular weight is 297 g/mol. The molecule has 0 aliphatic carbocycles. The van der Waals surface area contributed by atoms with Crippen LogP contribution in [0.4, 0.5) is 10.5 Å². The predicted octanol–water partition coefficient (Wildman–Crippen LogP) is 4.00. The summed E-state index contributed by atoms with van der Waals surface area (Å²) in [6.07, 6.45) is 2.22. The minimum atomic E-state index is -0.0869. The Kier molecular flexibility index (Phi) is 4.76.